The van der Waals surface area contributed by atoms with Gasteiger partial charge in [0.25, 0.3) is 17.5 Å². The molecule has 0 saturated carbocycles. The highest BCUT2D eigenvalue weighted by Crippen LogP contribution is 2.29. The van der Waals surface area contributed by atoms with Crippen molar-refractivity contribution in [1.82, 2.24) is 15.5 Å². The molecule has 5 amide bonds. The van der Waals surface area contributed by atoms with Crippen molar-refractivity contribution in [1.29, 1.82) is 0 Å². The Morgan fingerprint density at radius 2 is 1.92 bits per heavy atom. The Labute approximate surface area is 204 Å². The molecule has 5 rings (SSSR count). The largest absolute Gasteiger partial charge is 0.338 e. The summed E-state index contributed by atoms with van der Waals surface area (Å²) in [6.45, 7) is 0.608. The van der Waals surface area contributed by atoms with Crippen LogP contribution in [0.3, 0.4) is 0 Å². The average Bonchev–Trinajstić information content (AvgIpc) is 3.18. The van der Waals surface area contributed by atoms with Crippen molar-refractivity contribution in [3.8, 4) is 0 Å². The zero-order valence-electron chi connectivity index (χ0n) is 18.9. The molecule has 2 aliphatic rings. The van der Waals surface area contributed by atoms with Crippen molar-refractivity contribution < 1.29 is 24.1 Å². The molecule has 3 N–H and O–H groups in total. The lowest BCUT2D eigenvalue weighted by atomic mass is 9.94. The van der Waals surface area contributed by atoms with Gasteiger partial charge in [0.1, 0.15) is 6.04 Å². The van der Waals surface area contributed by atoms with Crippen LogP contribution in [0.5, 0.6) is 0 Å². The number of urea groups is 1. The molecule has 1 unspecified atom stereocenters. The molecule has 1 atom stereocenters. The fourth-order valence-electron chi connectivity index (χ4n) is 4.60. The van der Waals surface area contributed by atoms with Crippen LogP contribution in [-0.2, 0) is 22.6 Å². The number of carbonyl (C=O) groups is 4. The number of non-ortho nitro benzene ring substituents is 1. The third kappa shape index (κ3) is 4.33. The van der Waals surface area contributed by atoms with E-state index in [0.29, 0.717) is 40.6 Å². The Balaban J connectivity index is 1.36. The molecule has 1 saturated heterocycles. The average molecular weight is 487 g/mol. The summed E-state index contributed by atoms with van der Waals surface area (Å²) < 4.78 is 0. The highest BCUT2D eigenvalue weighted by molar-refractivity contribution is 6.07. The molecule has 0 aliphatic carbocycles. The predicted octanol–water partition coefficient (Wildman–Crippen LogP) is 2.48. The van der Waals surface area contributed by atoms with Crippen molar-refractivity contribution in [2.75, 3.05) is 11.9 Å². The SMILES string of the molecule is O=C1NC(=O)C(CC(=O)N2CCc3cccc(C(=O)Nc4ccc5cccc([N+](=O)[O-])c5c4)c3C2)N1. The minimum absolute atomic E-state index is 0.0537. The monoisotopic (exact) mass is 487 g/mol. The summed E-state index contributed by atoms with van der Waals surface area (Å²) in [4.78, 5) is 61.7. The lowest BCUT2D eigenvalue weighted by Gasteiger charge is -2.30. The summed E-state index contributed by atoms with van der Waals surface area (Å²) in [5.74, 6) is -1.25. The van der Waals surface area contributed by atoms with Gasteiger partial charge >= 0.3 is 6.03 Å². The molecule has 3 aromatic rings. The van der Waals surface area contributed by atoms with Gasteiger partial charge in [0.15, 0.2) is 0 Å². The first kappa shape index (κ1) is 23.0. The zero-order chi connectivity index (χ0) is 25.4. The molecule has 11 nitrogen and oxygen atoms in total. The molecule has 36 heavy (non-hydrogen) atoms. The normalized spacial score (nSPS) is 16.8. The number of nitro groups is 1. The van der Waals surface area contributed by atoms with Crippen LogP contribution < -0.4 is 16.0 Å². The maximum Gasteiger partial charge on any atom is 0.322 e. The summed E-state index contributed by atoms with van der Waals surface area (Å²) in [6, 6.07) is 13.5. The van der Waals surface area contributed by atoms with Gasteiger partial charge in [-0.15, -0.1) is 0 Å². The summed E-state index contributed by atoms with van der Waals surface area (Å²) in [5, 5.41) is 19.8. The van der Waals surface area contributed by atoms with Crippen LogP contribution in [0, 0.1) is 10.1 Å². The quantitative estimate of drug-likeness (QED) is 0.286. The van der Waals surface area contributed by atoms with Crippen LogP contribution >= 0.6 is 0 Å². The Kier molecular flexibility index (Phi) is 5.80. The third-order valence-electron chi connectivity index (χ3n) is 6.42. The van der Waals surface area contributed by atoms with E-state index < -0.39 is 28.8 Å². The molecule has 0 bridgehead atoms. The second-order valence-electron chi connectivity index (χ2n) is 8.65. The van der Waals surface area contributed by atoms with E-state index in [1.54, 1.807) is 47.4 Å². The van der Waals surface area contributed by atoms with E-state index in [9.17, 15) is 29.3 Å². The van der Waals surface area contributed by atoms with Crippen molar-refractivity contribution in [3.05, 3.63) is 81.4 Å². The molecular formula is C25H21N5O6. The maximum atomic E-state index is 13.2. The van der Waals surface area contributed by atoms with Gasteiger partial charge in [-0.1, -0.05) is 30.3 Å². The van der Waals surface area contributed by atoms with E-state index in [0.717, 1.165) is 5.56 Å². The van der Waals surface area contributed by atoms with Crippen LogP contribution in [0.1, 0.15) is 27.9 Å². The summed E-state index contributed by atoms with van der Waals surface area (Å²) >= 11 is 0. The fourth-order valence-corrected chi connectivity index (χ4v) is 4.60. The number of hydrogen-bond acceptors (Lipinski definition) is 6. The molecule has 1 fully saturated rings. The Morgan fingerprint density at radius 3 is 2.67 bits per heavy atom. The number of fused-ring (bicyclic) bond motifs is 2. The van der Waals surface area contributed by atoms with Crippen molar-refractivity contribution >= 4 is 45.9 Å². The topological polar surface area (TPSA) is 151 Å². The number of imide groups is 1. The number of anilines is 1. The van der Waals surface area contributed by atoms with E-state index in [2.05, 4.69) is 16.0 Å². The van der Waals surface area contributed by atoms with E-state index in [4.69, 9.17) is 0 Å². The first-order valence-corrected chi connectivity index (χ1v) is 11.3. The van der Waals surface area contributed by atoms with Gasteiger partial charge < -0.3 is 15.5 Å². The van der Waals surface area contributed by atoms with E-state index in [1.807, 2.05) is 6.07 Å². The third-order valence-corrected chi connectivity index (χ3v) is 6.42. The predicted molar refractivity (Wildman–Crippen MR) is 129 cm³/mol. The minimum Gasteiger partial charge on any atom is -0.338 e. The van der Waals surface area contributed by atoms with Gasteiger partial charge in [0, 0.05) is 30.4 Å². The fraction of sp³-hybridized carbons (Fsp3) is 0.200. The van der Waals surface area contributed by atoms with Crippen LogP contribution in [0.4, 0.5) is 16.2 Å². The van der Waals surface area contributed by atoms with Crippen LogP contribution in [-0.4, -0.2) is 46.2 Å². The van der Waals surface area contributed by atoms with Crippen LogP contribution in [0.2, 0.25) is 0 Å². The number of nitrogens with zero attached hydrogens (tertiary/aromatic N) is 2. The highest BCUT2D eigenvalue weighted by atomic mass is 16.6. The van der Waals surface area contributed by atoms with Gasteiger partial charge in [-0.2, -0.15) is 0 Å². The molecule has 2 heterocycles. The molecule has 0 spiro atoms. The standard InChI is InChI=1S/C25H21N5O6/c31-22(12-20-24(33)28-25(34)27-20)29-10-9-15-3-1-5-17(19(15)13-29)23(32)26-16-8-7-14-4-2-6-21(30(35)36)18(14)11-16/h1-8,11,20H,9-10,12-13H2,(H,26,32)(H2,27,28,33,34). The van der Waals surface area contributed by atoms with E-state index in [1.165, 1.54) is 6.07 Å². The molecule has 2 aliphatic heterocycles. The Morgan fingerprint density at radius 1 is 1.11 bits per heavy atom. The molecular weight excluding hydrogens is 466 g/mol. The highest BCUT2D eigenvalue weighted by Gasteiger charge is 2.34. The summed E-state index contributed by atoms with van der Waals surface area (Å²) in [5.41, 5.74) is 2.38. The van der Waals surface area contributed by atoms with Gasteiger partial charge in [0.2, 0.25) is 5.91 Å². The number of carbonyl (C=O) groups excluding carboxylic acids is 4. The minimum atomic E-state index is -0.915. The van der Waals surface area contributed by atoms with E-state index >= 15 is 0 Å². The molecule has 3 aromatic carbocycles. The zero-order valence-corrected chi connectivity index (χ0v) is 18.9. The van der Waals surface area contributed by atoms with Crippen LogP contribution in [0.15, 0.2) is 54.6 Å². The van der Waals surface area contributed by atoms with Gasteiger partial charge in [-0.25, -0.2) is 4.79 Å². The molecule has 0 radical (unpaired) electrons. The maximum absolute atomic E-state index is 13.2. The smallest absolute Gasteiger partial charge is 0.322 e. The number of amides is 5. The van der Waals surface area contributed by atoms with E-state index in [-0.39, 0.29) is 24.6 Å². The molecule has 11 heteroatoms. The first-order chi connectivity index (χ1) is 17.3. The van der Waals surface area contributed by atoms with Gasteiger partial charge in [-0.3, -0.25) is 29.8 Å². The van der Waals surface area contributed by atoms with Crippen LogP contribution in [0.25, 0.3) is 10.8 Å². The number of benzene rings is 3. The lowest BCUT2D eigenvalue weighted by molar-refractivity contribution is -0.383. The number of rotatable bonds is 5. The Bertz CT molecular complexity index is 1450. The second kappa shape index (κ2) is 9.10. The second-order valence-corrected chi connectivity index (χ2v) is 8.65. The van der Waals surface area contributed by atoms with Crippen molar-refractivity contribution in [3.63, 3.8) is 0 Å². The molecule has 182 valence electrons. The first-order valence-electron chi connectivity index (χ1n) is 11.3. The number of nitro benzene ring substituents is 1. The van der Waals surface area contributed by atoms with Crippen molar-refractivity contribution in [2.24, 2.45) is 0 Å². The Hall–Kier alpha value is -4.80. The van der Waals surface area contributed by atoms with Gasteiger partial charge in [-0.05, 0) is 41.1 Å². The molecule has 0 aromatic heterocycles. The van der Waals surface area contributed by atoms with Gasteiger partial charge in [0.05, 0.1) is 16.7 Å². The lowest BCUT2D eigenvalue weighted by Crippen LogP contribution is -2.41. The number of nitrogens with one attached hydrogen (secondary N) is 3. The van der Waals surface area contributed by atoms with Crippen molar-refractivity contribution in [2.45, 2.75) is 25.4 Å². The number of hydrogen-bond donors (Lipinski definition) is 3. The summed E-state index contributed by atoms with van der Waals surface area (Å²) in [7, 11) is 0. The summed E-state index contributed by atoms with van der Waals surface area (Å²) in [6.07, 6.45) is 0.366.